The normalized spacial score (nSPS) is 12.1. The van der Waals surface area contributed by atoms with Crippen LogP contribution in [0.5, 0.6) is 0 Å². The van der Waals surface area contributed by atoms with Gasteiger partial charge in [0.25, 0.3) is 5.91 Å². The van der Waals surface area contributed by atoms with Crippen molar-refractivity contribution in [3.63, 3.8) is 0 Å². The summed E-state index contributed by atoms with van der Waals surface area (Å²) in [7, 11) is 0. The molecule has 0 fully saturated rings. The molecule has 25 heavy (non-hydrogen) atoms. The van der Waals surface area contributed by atoms with Crippen LogP contribution in [-0.4, -0.2) is 12.5 Å². The lowest BCUT2D eigenvalue weighted by Gasteiger charge is -2.12. The minimum Gasteiger partial charge on any atom is -0.332 e. The number of fused-ring (bicyclic) bond motifs is 1. The molecular formula is C20H19F2N2O+. The van der Waals surface area contributed by atoms with Crippen LogP contribution in [0.3, 0.4) is 0 Å². The first kappa shape index (κ1) is 17.0. The molecule has 3 aromatic rings. The highest BCUT2D eigenvalue weighted by molar-refractivity contribution is 5.94. The van der Waals surface area contributed by atoms with Crippen LogP contribution in [0.15, 0.2) is 60.7 Å². The minimum absolute atomic E-state index is 0.144. The van der Waals surface area contributed by atoms with Crippen molar-refractivity contribution < 1.29 is 18.9 Å². The van der Waals surface area contributed by atoms with Crippen molar-refractivity contribution in [1.82, 2.24) is 0 Å². The third kappa shape index (κ3) is 4.19. The van der Waals surface area contributed by atoms with Gasteiger partial charge in [-0.2, -0.15) is 0 Å². The van der Waals surface area contributed by atoms with Crippen LogP contribution in [0.4, 0.5) is 14.5 Å². The lowest BCUT2D eigenvalue weighted by atomic mass is 10.1. The molecule has 3 rings (SSSR count). The Morgan fingerprint density at radius 2 is 1.80 bits per heavy atom. The van der Waals surface area contributed by atoms with Crippen molar-refractivity contribution in [2.24, 2.45) is 0 Å². The average Bonchev–Trinajstić information content (AvgIpc) is 2.59. The van der Waals surface area contributed by atoms with Crippen LogP contribution in [0.25, 0.3) is 10.8 Å². The summed E-state index contributed by atoms with van der Waals surface area (Å²) >= 11 is 0. The first-order valence-corrected chi connectivity index (χ1v) is 8.10. The molecule has 0 bridgehead atoms. The third-order valence-corrected chi connectivity index (χ3v) is 4.14. The van der Waals surface area contributed by atoms with Gasteiger partial charge in [-0.3, -0.25) is 4.79 Å². The Balaban J connectivity index is 1.60. The number of hydrogen-bond acceptors (Lipinski definition) is 1. The van der Waals surface area contributed by atoms with Crippen LogP contribution < -0.4 is 10.6 Å². The summed E-state index contributed by atoms with van der Waals surface area (Å²) in [6.07, 6.45) is 0. The predicted octanol–water partition coefficient (Wildman–Crippen LogP) is 3.38. The van der Waals surface area contributed by atoms with Gasteiger partial charge in [0, 0.05) is 17.3 Å². The number of amides is 1. The largest absolute Gasteiger partial charge is 0.332 e. The first-order valence-electron chi connectivity index (χ1n) is 8.10. The average molecular weight is 341 g/mol. The molecule has 0 spiro atoms. The zero-order valence-electron chi connectivity index (χ0n) is 13.8. The van der Waals surface area contributed by atoms with Crippen LogP contribution in [0.2, 0.25) is 0 Å². The van der Waals surface area contributed by atoms with Crippen LogP contribution in [-0.2, 0) is 4.79 Å². The lowest BCUT2D eigenvalue weighted by Crippen LogP contribution is -2.86. The summed E-state index contributed by atoms with van der Waals surface area (Å²) in [4.78, 5) is 12.1. The molecule has 1 amide bonds. The number of hydrogen-bond donors (Lipinski definition) is 2. The molecule has 0 heterocycles. The maximum Gasteiger partial charge on any atom is 0.279 e. The van der Waals surface area contributed by atoms with Crippen molar-refractivity contribution in [3.05, 3.63) is 77.9 Å². The standard InChI is InChI=1S/C20H18F2N2O/c1-13(18-9-7-16(21)11-19(18)22)23-12-20(25)24-17-8-6-14-4-2-3-5-15(14)10-17/h2-11,13,23H,12H2,1H3,(H,24,25)/p+1/t13-/m0/s1. The second-order valence-electron chi connectivity index (χ2n) is 6.00. The Bertz CT molecular complexity index is 911. The van der Waals surface area contributed by atoms with Gasteiger partial charge in [-0.15, -0.1) is 0 Å². The van der Waals surface area contributed by atoms with E-state index in [4.69, 9.17) is 0 Å². The number of nitrogens with two attached hydrogens (primary N) is 1. The minimum atomic E-state index is -0.609. The summed E-state index contributed by atoms with van der Waals surface area (Å²) in [5.41, 5.74) is 1.10. The molecule has 1 atom stereocenters. The van der Waals surface area contributed by atoms with E-state index in [-0.39, 0.29) is 18.5 Å². The fraction of sp³-hybridized carbons (Fsp3) is 0.150. The topological polar surface area (TPSA) is 45.7 Å². The van der Waals surface area contributed by atoms with Crippen LogP contribution >= 0.6 is 0 Å². The number of nitrogens with one attached hydrogen (secondary N) is 1. The van der Waals surface area contributed by atoms with Gasteiger partial charge in [-0.1, -0.05) is 30.3 Å². The molecule has 0 saturated heterocycles. The van der Waals surface area contributed by atoms with Crippen molar-refractivity contribution in [3.8, 4) is 0 Å². The van der Waals surface area contributed by atoms with Gasteiger partial charge >= 0.3 is 0 Å². The monoisotopic (exact) mass is 341 g/mol. The van der Waals surface area contributed by atoms with Gasteiger partial charge in [0.2, 0.25) is 0 Å². The Hall–Kier alpha value is -2.79. The van der Waals surface area contributed by atoms with E-state index < -0.39 is 11.6 Å². The molecule has 5 heteroatoms. The van der Waals surface area contributed by atoms with E-state index in [1.165, 1.54) is 12.1 Å². The molecule has 0 unspecified atom stereocenters. The third-order valence-electron chi connectivity index (χ3n) is 4.14. The Morgan fingerprint density at radius 1 is 1.04 bits per heavy atom. The summed E-state index contributed by atoms with van der Waals surface area (Å²) in [6.45, 7) is 1.92. The van der Waals surface area contributed by atoms with E-state index in [1.807, 2.05) is 42.5 Å². The molecule has 0 aliphatic carbocycles. The number of anilines is 1. The second-order valence-corrected chi connectivity index (χ2v) is 6.00. The van der Waals surface area contributed by atoms with Crippen LogP contribution in [0, 0.1) is 11.6 Å². The number of rotatable bonds is 5. The van der Waals surface area contributed by atoms with Gasteiger partial charge in [-0.05, 0) is 42.0 Å². The number of quaternary nitrogens is 1. The van der Waals surface area contributed by atoms with E-state index in [2.05, 4.69) is 5.32 Å². The maximum absolute atomic E-state index is 13.8. The Labute approximate surface area is 144 Å². The molecule has 0 aromatic heterocycles. The fourth-order valence-electron chi connectivity index (χ4n) is 2.76. The number of halogens is 2. The quantitative estimate of drug-likeness (QED) is 0.734. The predicted molar refractivity (Wildman–Crippen MR) is 94.1 cm³/mol. The van der Waals surface area contributed by atoms with Crippen molar-refractivity contribution in [2.75, 3.05) is 11.9 Å². The van der Waals surface area contributed by atoms with E-state index in [0.717, 1.165) is 22.5 Å². The molecule has 3 aromatic carbocycles. The summed E-state index contributed by atoms with van der Waals surface area (Å²) in [5, 5.41) is 6.71. The highest BCUT2D eigenvalue weighted by atomic mass is 19.1. The zero-order valence-corrected chi connectivity index (χ0v) is 13.8. The molecule has 0 aliphatic heterocycles. The van der Waals surface area contributed by atoms with Crippen LogP contribution in [0.1, 0.15) is 18.5 Å². The first-order chi connectivity index (χ1) is 12.0. The highest BCUT2D eigenvalue weighted by Crippen LogP contribution is 2.18. The van der Waals surface area contributed by atoms with E-state index in [1.54, 1.807) is 12.2 Å². The summed E-state index contributed by atoms with van der Waals surface area (Å²) < 4.78 is 26.7. The Morgan fingerprint density at radius 3 is 2.56 bits per heavy atom. The molecule has 128 valence electrons. The van der Waals surface area contributed by atoms with E-state index >= 15 is 0 Å². The summed E-state index contributed by atoms with van der Waals surface area (Å²) in [5.74, 6) is -1.38. The number of benzene rings is 3. The van der Waals surface area contributed by atoms with Gasteiger partial charge in [0.15, 0.2) is 6.54 Å². The smallest absolute Gasteiger partial charge is 0.279 e. The number of carbonyl (C=O) groups is 1. The molecule has 0 saturated carbocycles. The highest BCUT2D eigenvalue weighted by Gasteiger charge is 2.16. The maximum atomic E-state index is 13.8. The SMILES string of the molecule is C[C@H]([NH2+]CC(=O)Nc1ccc2ccccc2c1)c1ccc(F)cc1F. The van der Waals surface area contributed by atoms with E-state index in [0.29, 0.717) is 5.56 Å². The fourth-order valence-corrected chi connectivity index (χ4v) is 2.76. The van der Waals surface area contributed by atoms with Gasteiger partial charge < -0.3 is 10.6 Å². The zero-order chi connectivity index (χ0) is 17.8. The molecular weight excluding hydrogens is 322 g/mol. The molecule has 0 aliphatic rings. The number of carbonyl (C=O) groups excluding carboxylic acids is 1. The Kier molecular flexibility index (Phi) is 5.05. The van der Waals surface area contributed by atoms with Gasteiger partial charge in [0.1, 0.15) is 17.7 Å². The van der Waals surface area contributed by atoms with Gasteiger partial charge in [0.05, 0.1) is 0 Å². The lowest BCUT2D eigenvalue weighted by molar-refractivity contribution is -0.682. The summed E-state index contributed by atoms with van der Waals surface area (Å²) in [6, 6.07) is 16.8. The second kappa shape index (κ2) is 7.40. The van der Waals surface area contributed by atoms with E-state index in [9.17, 15) is 13.6 Å². The molecule has 3 nitrogen and oxygen atoms in total. The van der Waals surface area contributed by atoms with Crippen molar-refractivity contribution in [2.45, 2.75) is 13.0 Å². The molecule has 0 radical (unpaired) electrons. The van der Waals surface area contributed by atoms with Crippen molar-refractivity contribution >= 4 is 22.4 Å². The van der Waals surface area contributed by atoms with Gasteiger partial charge in [-0.25, -0.2) is 8.78 Å². The molecule has 3 N–H and O–H groups in total. The van der Waals surface area contributed by atoms with Crippen molar-refractivity contribution in [1.29, 1.82) is 0 Å².